The molecule has 0 unspecified atom stereocenters. The molecule has 0 atom stereocenters. The van der Waals surface area contributed by atoms with Gasteiger partial charge in [-0.15, -0.1) is 24.0 Å². The van der Waals surface area contributed by atoms with Crippen molar-refractivity contribution in [3.8, 4) is 5.75 Å². The average molecular weight is 536 g/mol. The van der Waals surface area contributed by atoms with E-state index < -0.39 is 17.6 Å². The Morgan fingerprint density at radius 1 is 1.03 bits per heavy atom. The lowest BCUT2D eigenvalue weighted by Gasteiger charge is -2.13. The first-order valence-corrected chi connectivity index (χ1v) is 8.86. The number of ether oxygens (including phenoxy) is 1. The van der Waals surface area contributed by atoms with E-state index in [4.69, 9.17) is 4.74 Å². The van der Waals surface area contributed by atoms with Crippen molar-refractivity contribution in [1.29, 1.82) is 0 Å². The minimum Gasteiger partial charge on any atom is -0.497 e. The predicted octanol–water partition coefficient (Wildman–Crippen LogP) is 3.43. The summed E-state index contributed by atoms with van der Waals surface area (Å²) in [6.07, 6.45) is -4.42. The van der Waals surface area contributed by atoms with E-state index in [1.807, 2.05) is 24.3 Å². The van der Waals surface area contributed by atoms with Crippen molar-refractivity contribution < 1.29 is 22.7 Å². The minimum absolute atomic E-state index is 0. The molecule has 0 bridgehead atoms. The van der Waals surface area contributed by atoms with Gasteiger partial charge in [0.15, 0.2) is 5.96 Å². The van der Waals surface area contributed by atoms with Crippen LogP contribution in [0.1, 0.15) is 21.5 Å². The highest BCUT2D eigenvalue weighted by Gasteiger charge is 2.30. The van der Waals surface area contributed by atoms with Gasteiger partial charge in [0.2, 0.25) is 0 Å². The summed E-state index contributed by atoms with van der Waals surface area (Å²) < 4.78 is 42.8. The van der Waals surface area contributed by atoms with E-state index >= 15 is 0 Å². The number of carbonyl (C=O) groups excluding carboxylic acids is 1. The van der Waals surface area contributed by atoms with Crippen LogP contribution in [0.25, 0.3) is 0 Å². The van der Waals surface area contributed by atoms with Crippen molar-refractivity contribution >= 4 is 35.8 Å². The van der Waals surface area contributed by atoms with Gasteiger partial charge in [-0.05, 0) is 42.0 Å². The topological polar surface area (TPSA) is 74.8 Å². The van der Waals surface area contributed by atoms with Gasteiger partial charge in [-0.3, -0.25) is 9.79 Å². The molecule has 2 aromatic carbocycles. The van der Waals surface area contributed by atoms with E-state index in [0.717, 1.165) is 35.6 Å². The zero-order chi connectivity index (χ0) is 21.3. The first kappa shape index (κ1) is 25.5. The van der Waals surface area contributed by atoms with Gasteiger partial charge in [0.05, 0.1) is 12.7 Å². The number of hydrogen-bond donors (Lipinski definition) is 3. The summed E-state index contributed by atoms with van der Waals surface area (Å²) in [5.41, 5.74) is 0.392. The molecule has 0 radical (unpaired) electrons. The van der Waals surface area contributed by atoms with Crippen LogP contribution in [0.3, 0.4) is 0 Å². The number of carbonyl (C=O) groups is 1. The van der Waals surface area contributed by atoms with E-state index in [1.54, 1.807) is 14.2 Å². The number of benzene rings is 2. The Morgan fingerprint density at radius 3 is 2.30 bits per heavy atom. The van der Waals surface area contributed by atoms with Crippen molar-refractivity contribution in [2.75, 3.05) is 27.2 Å². The maximum atomic E-state index is 12.6. The van der Waals surface area contributed by atoms with Crippen LogP contribution in [0.2, 0.25) is 0 Å². The zero-order valence-electron chi connectivity index (χ0n) is 16.5. The molecule has 2 rings (SSSR count). The number of rotatable bonds is 7. The van der Waals surface area contributed by atoms with Crippen LogP contribution in [0.5, 0.6) is 5.75 Å². The molecule has 0 spiro atoms. The Hall–Kier alpha value is -2.50. The lowest BCUT2D eigenvalue weighted by Crippen LogP contribution is -2.41. The zero-order valence-corrected chi connectivity index (χ0v) is 18.9. The molecule has 0 heterocycles. The third-order valence-electron chi connectivity index (χ3n) is 4.00. The smallest absolute Gasteiger partial charge is 0.416 e. The molecule has 0 aromatic heterocycles. The standard InChI is InChI=1S/C20H23F3N4O2.HI/c1-24-19(27-13-14-4-3-5-17(12-14)29-2)26-11-10-25-18(28)15-6-8-16(9-7-15)20(21,22)23;/h3-9,12H,10-11,13H2,1-2H3,(H,25,28)(H2,24,26,27);1H. The Labute approximate surface area is 190 Å². The number of nitrogens with one attached hydrogen (secondary N) is 3. The molecule has 0 fully saturated rings. The number of halogens is 4. The second-order valence-electron chi connectivity index (χ2n) is 6.04. The molecule has 0 saturated carbocycles. The third kappa shape index (κ3) is 8.09. The van der Waals surface area contributed by atoms with Gasteiger partial charge in [-0.25, -0.2) is 0 Å². The van der Waals surface area contributed by atoms with Crippen LogP contribution >= 0.6 is 24.0 Å². The van der Waals surface area contributed by atoms with Crippen LogP contribution < -0.4 is 20.7 Å². The summed E-state index contributed by atoms with van der Waals surface area (Å²) in [5, 5.41) is 8.83. The third-order valence-corrected chi connectivity index (χ3v) is 4.00. The molecule has 3 N–H and O–H groups in total. The van der Waals surface area contributed by atoms with Crippen molar-refractivity contribution in [3.05, 3.63) is 65.2 Å². The van der Waals surface area contributed by atoms with Crippen molar-refractivity contribution in [3.63, 3.8) is 0 Å². The van der Waals surface area contributed by atoms with Crippen molar-refractivity contribution in [1.82, 2.24) is 16.0 Å². The number of nitrogens with zero attached hydrogens (tertiary/aromatic N) is 1. The van der Waals surface area contributed by atoms with E-state index in [1.165, 1.54) is 0 Å². The molecular formula is C20H24F3IN4O2. The summed E-state index contributed by atoms with van der Waals surface area (Å²) in [6, 6.07) is 11.7. The first-order valence-electron chi connectivity index (χ1n) is 8.86. The summed E-state index contributed by atoms with van der Waals surface area (Å²) in [5.74, 6) is 0.870. The molecule has 0 aliphatic carbocycles. The normalized spacial score (nSPS) is 11.3. The van der Waals surface area contributed by atoms with Crippen LogP contribution in [0, 0.1) is 0 Å². The fraction of sp³-hybridized carbons (Fsp3) is 0.300. The van der Waals surface area contributed by atoms with Gasteiger partial charge in [0.1, 0.15) is 5.75 Å². The molecule has 0 saturated heterocycles. The second-order valence-corrected chi connectivity index (χ2v) is 6.04. The SMILES string of the molecule is CN=C(NCCNC(=O)c1ccc(C(F)(F)F)cc1)NCc1cccc(OC)c1.I. The predicted molar refractivity (Wildman–Crippen MR) is 120 cm³/mol. The van der Waals surface area contributed by atoms with E-state index in [-0.39, 0.29) is 36.1 Å². The van der Waals surface area contributed by atoms with Crippen molar-refractivity contribution in [2.24, 2.45) is 4.99 Å². The summed E-state index contributed by atoms with van der Waals surface area (Å²) in [4.78, 5) is 16.1. The molecule has 10 heteroatoms. The van der Waals surface area contributed by atoms with Crippen LogP contribution in [-0.2, 0) is 12.7 Å². The Kier molecular flexibility index (Phi) is 10.4. The quantitative estimate of drug-likeness (QED) is 0.220. The molecule has 1 amide bonds. The summed E-state index contributed by atoms with van der Waals surface area (Å²) in [6.45, 7) is 1.21. The fourth-order valence-corrected chi connectivity index (χ4v) is 2.46. The highest BCUT2D eigenvalue weighted by Crippen LogP contribution is 2.29. The Balaban J connectivity index is 0.00000450. The second kappa shape index (κ2) is 12.3. The van der Waals surface area contributed by atoms with E-state index in [9.17, 15) is 18.0 Å². The summed E-state index contributed by atoms with van der Waals surface area (Å²) >= 11 is 0. The van der Waals surface area contributed by atoms with Gasteiger partial charge < -0.3 is 20.7 Å². The Bertz CT molecular complexity index is 843. The van der Waals surface area contributed by atoms with Crippen LogP contribution in [0.4, 0.5) is 13.2 Å². The van der Waals surface area contributed by atoms with E-state index in [0.29, 0.717) is 19.0 Å². The Morgan fingerprint density at radius 2 is 1.70 bits per heavy atom. The number of methoxy groups -OCH3 is 1. The number of hydrogen-bond acceptors (Lipinski definition) is 3. The number of amides is 1. The van der Waals surface area contributed by atoms with Gasteiger partial charge in [-0.2, -0.15) is 13.2 Å². The molecule has 2 aromatic rings. The lowest BCUT2D eigenvalue weighted by atomic mass is 10.1. The van der Waals surface area contributed by atoms with Crippen LogP contribution in [0.15, 0.2) is 53.5 Å². The molecule has 6 nitrogen and oxygen atoms in total. The van der Waals surface area contributed by atoms with Crippen molar-refractivity contribution in [2.45, 2.75) is 12.7 Å². The monoisotopic (exact) mass is 536 g/mol. The molecule has 0 aliphatic heterocycles. The van der Waals surface area contributed by atoms with E-state index in [2.05, 4.69) is 20.9 Å². The molecule has 164 valence electrons. The highest BCUT2D eigenvalue weighted by molar-refractivity contribution is 14.0. The number of aliphatic imine (C=N–C) groups is 1. The largest absolute Gasteiger partial charge is 0.497 e. The fourth-order valence-electron chi connectivity index (χ4n) is 2.46. The summed E-state index contributed by atoms with van der Waals surface area (Å²) in [7, 11) is 3.23. The lowest BCUT2D eigenvalue weighted by molar-refractivity contribution is -0.137. The highest BCUT2D eigenvalue weighted by atomic mass is 127. The maximum Gasteiger partial charge on any atom is 0.416 e. The molecule has 0 aliphatic rings. The van der Waals surface area contributed by atoms with Gasteiger partial charge in [0.25, 0.3) is 5.91 Å². The number of guanidine groups is 1. The molecular weight excluding hydrogens is 512 g/mol. The molecule has 30 heavy (non-hydrogen) atoms. The number of alkyl halides is 3. The average Bonchev–Trinajstić information content (AvgIpc) is 2.72. The van der Waals surface area contributed by atoms with Gasteiger partial charge >= 0.3 is 6.18 Å². The maximum absolute atomic E-state index is 12.6. The minimum atomic E-state index is -4.42. The van der Waals surface area contributed by atoms with Gasteiger partial charge in [-0.1, -0.05) is 12.1 Å². The van der Waals surface area contributed by atoms with Gasteiger partial charge in [0, 0.05) is 32.2 Å². The first-order chi connectivity index (χ1) is 13.8. The van der Waals surface area contributed by atoms with Crippen LogP contribution in [-0.4, -0.2) is 39.1 Å².